The van der Waals surface area contributed by atoms with Crippen LogP contribution >= 0.6 is 11.6 Å². The van der Waals surface area contributed by atoms with Gasteiger partial charge in [0.2, 0.25) is 5.91 Å². The van der Waals surface area contributed by atoms with Crippen LogP contribution in [-0.2, 0) is 14.6 Å². The Morgan fingerprint density at radius 2 is 2.12 bits per heavy atom. The maximum atomic E-state index is 11.5. The van der Waals surface area contributed by atoms with Crippen molar-refractivity contribution in [2.75, 3.05) is 22.6 Å². The van der Waals surface area contributed by atoms with Crippen LogP contribution in [0.1, 0.15) is 6.92 Å². The van der Waals surface area contributed by atoms with Crippen LogP contribution in [0.5, 0.6) is 0 Å². The number of hydrogen-bond acceptors (Lipinski definition) is 4. The zero-order chi connectivity index (χ0) is 13.1. The molecule has 3 N–H and O–H groups in total. The number of halogens is 1. The molecule has 0 fully saturated rings. The smallest absolute Gasteiger partial charge is 0.239 e. The molecule has 0 bridgehead atoms. The lowest BCUT2D eigenvalue weighted by Crippen LogP contribution is -2.24. The van der Waals surface area contributed by atoms with Crippen LogP contribution in [0, 0.1) is 0 Å². The SMILES string of the molecule is CCS(=O)(=O)CC(=O)Nc1cc(Cl)ccc1N. The van der Waals surface area contributed by atoms with Gasteiger partial charge in [-0.25, -0.2) is 8.42 Å². The molecular formula is C10H13ClN2O3S. The van der Waals surface area contributed by atoms with Crippen LogP contribution < -0.4 is 11.1 Å². The van der Waals surface area contributed by atoms with Gasteiger partial charge in [-0.05, 0) is 18.2 Å². The van der Waals surface area contributed by atoms with Crippen molar-refractivity contribution in [3.8, 4) is 0 Å². The highest BCUT2D eigenvalue weighted by molar-refractivity contribution is 7.92. The van der Waals surface area contributed by atoms with Crippen molar-refractivity contribution in [2.24, 2.45) is 0 Å². The molecule has 0 spiro atoms. The van der Waals surface area contributed by atoms with Gasteiger partial charge in [0.25, 0.3) is 0 Å². The molecule has 0 aromatic heterocycles. The van der Waals surface area contributed by atoms with Gasteiger partial charge in [-0.2, -0.15) is 0 Å². The monoisotopic (exact) mass is 276 g/mol. The van der Waals surface area contributed by atoms with Gasteiger partial charge in [-0.1, -0.05) is 18.5 Å². The van der Waals surface area contributed by atoms with E-state index in [2.05, 4.69) is 5.32 Å². The number of nitrogens with two attached hydrogens (primary N) is 1. The van der Waals surface area contributed by atoms with Crippen molar-refractivity contribution >= 4 is 38.7 Å². The number of carbonyl (C=O) groups is 1. The van der Waals surface area contributed by atoms with Gasteiger partial charge in [0.15, 0.2) is 9.84 Å². The summed E-state index contributed by atoms with van der Waals surface area (Å²) in [7, 11) is -3.35. The van der Waals surface area contributed by atoms with E-state index in [4.69, 9.17) is 17.3 Å². The minimum Gasteiger partial charge on any atom is -0.397 e. The summed E-state index contributed by atoms with van der Waals surface area (Å²) in [6.07, 6.45) is 0. The first kappa shape index (κ1) is 13.8. The molecule has 0 heterocycles. The van der Waals surface area contributed by atoms with Gasteiger partial charge in [-0.15, -0.1) is 0 Å². The van der Waals surface area contributed by atoms with Crippen LogP contribution in [0.25, 0.3) is 0 Å². The lowest BCUT2D eigenvalue weighted by Gasteiger charge is -2.08. The Labute approximate surface area is 105 Å². The number of nitrogen functional groups attached to an aromatic ring is 1. The molecule has 0 aliphatic heterocycles. The molecule has 0 saturated carbocycles. The first-order valence-electron chi connectivity index (χ1n) is 4.89. The normalized spacial score (nSPS) is 11.2. The highest BCUT2D eigenvalue weighted by Crippen LogP contribution is 2.22. The molecule has 0 unspecified atom stereocenters. The molecule has 0 saturated heterocycles. The number of hydrogen-bond donors (Lipinski definition) is 2. The minimum absolute atomic E-state index is 0.0779. The van der Waals surface area contributed by atoms with E-state index in [1.807, 2.05) is 0 Å². The summed E-state index contributed by atoms with van der Waals surface area (Å²) in [6.45, 7) is 1.48. The third-order valence-electron chi connectivity index (χ3n) is 2.08. The highest BCUT2D eigenvalue weighted by atomic mass is 35.5. The van der Waals surface area contributed by atoms with Gasteiger partial charge in [0, 0.05) is 10.8 Å². The van der Waals surface area contributed by atoms with Crippen LogP contribution in [0.2, 0.25) is 5.02 Å². The predicted molar refractivity (Wildman–Crippen MR) is 68.8 cm³/mol. The fourth-order valence-corrected chi connectivity index (χ4v) is 1.97. The van der Waals surface area contributed by atoms with Gasteiger partial charge in [0.1, 0.15) is 5.75 Å². The van der Waals surface area contributed by atoms with E-state index in [9.17, 15) is 13.2 Å². The molecule has 7 heteroatoms. The molecule has 0 atom stereocenters. The van der Waals surface area contributed by atoms with E-state index in [1.165, 1.54) is 19.1 Å². The van der Waals surface area contributed by atoms with E-state index in [0.29, 0.717) is 16.4 Å². The zero-order valence-corrected chi connectivity index (χ0v) is 10.8. The second-order valence-electron chi connectivity index (χ2n) is 3.46. The Bertz CT molecular complexity index is 528. The predicted octanol–water partition coefficient (Wildman–Crippen LogP) is 1.30. The van der Waals surface area contributed by atoms with Gasteiger partial charge >= 0.3 is 0 Å². The number of anilines is 2. The van der Waals surface area contributed by atoms with Crippen molar-refractivity contribution in [3.63, 3.8) is 0 Å². The molecule has 1 amide bonds. The molecule has 0 aliphatic carbocycles. The Morgan fingerprint density at radius 3 is 2.71 bits per heavy atom. The van der Waals surface area contributed by atoms with Crippen LogP contribution in [-0.4, -0.2) is 25.8 Å². The number of sulfone groups is 1. The van der Waals surface area contributed by atoms with Gasteiger partial charge < -0.3 is 11.1 Å². The topological polar surface area (TPSA) is 89.3 Å². The fraction of sp³-hybridized carbons (Fsp3) is 0.300. The zero-order valence-electron chi connectivity index (χ0n) is 9.23. The van der Waals surface area contributed by atoms with Crippen molar-refractivity contribution in [1.82, 2.24) is 0 Å². The van der Waals surface area contributed by atoms with Crippen LogP contribution in [0.15, 0.2) is 18.2 Å². The quantitative estimate of drug-likeness (QED) is 0.811. The van der Waals surface area contributed by atoms with E-state index in [0.717, 1.165) is 0 Å². The molecular weight excluding hydrogens is 264 g/mol. The second kappa shape index (κ2) is 5.37. The Balaban J connectivity index is 2.78. The minimum atomic E-state index is -3.35. The second-order valence-corrected chi connectivity index (χ2v) is 6.25. The lowest BCUT2D eigenvalue weighted by molar-refractivity contribution is -0.113. The highest BCUT2D eigenvalue weighted by Gasteiger charge is 2.15. The Hall–Kier alpha value is -1.27. The van der Waals surface area contributed by atoms with E-state index >= 15 is 0 Å². The summed E-state index contributed by atoms with van der Waals surface area (Å²) in [6, 6.07) is 4.58. The third kappa shape index (κ3) is 4.24. The first-order valence-corrected chi connectivity index (χ1v) is 7.09. The molecule has 0 radical (unpaired) electrons. The van der Waals surface area contributed by atoms with Gasteiger partial charge in [-0.3, -0.25) is 4.79 Å². The molecule has 5 nitrogen and oxygen atoms in total. The Morgan fingerprint density at radius 1 is 1.47 bits per heavy atom. The van der Waals surface area contributed by atoms with Crippen LogP contribution in [0.4, 0.5) is 11.4 Å². The Kier molecular flexibility index (Phi) is 4.36. The average Bonchev–Trinajstić information content (AvgIpc) is 2.23. The van der Waals surface area contributed by atoms with Crippen LogP contribution in [0.3, 0.4) is 0 Å². The van der Waals surface area contributed by atoms with Crippen molar-refractivity contribution < 1.29 is 13.2 Å². The van der Waals surface area contributed by atoms with E-state index in [-0.39, 0.29) is 5.75 Å². The van der Waals surface area contributed by atoms with E-state index < -0.39 is 21.5 Å². The molecule has 1 aromatic rings. The summed E-state index contributed by atoms with van der Waals surface area (Å²) < 4.78 is 22.5. The van der Waals surface area contributed by atoms with Gasteiger partial charge in [0.05, 0.1) is 11.4 Å². The summed E-state index contributed by atoms with van der Waals surface area (Å²) in [5.41, 5.74) is 6.26. The molecule has 17 heavy (non-hydrogen) atoms. The molecule has 1 aromatic carbocycles. The maximum Gasteiger partial charge on any atom is 0.239 e. The number of nitrogens with one attached hydrogen (secondary N) is 1. The fourth-order valence-electron chi connectivity index (χ4n) is 1.12. The largest absolute Gasteiger partial charge is 0.397 e. The van der Waals surface area contributed by atoms with Crippen molar-refractivity contribution in [2.45, 2.75) is 6.92 Å². The van der Waals surface area contributed by atoms with E-state index in [1.54, 1.807) is 6.07 Å². The number of benzene rings is 1. The molecule has 1 rings (SSSR count). The molecule has 94 valence electrons. The van der Waals surface area contributed by atoms with Crippen molar-refractivity contribution in [1.29, 1.82) is 0 Å². The first-order chi connectivity index (χ1) is 7.84. The summed E-state index contributed by atoms with van der Waals surface area (Å²) in [5.74, 6) is -1.26. The lowest BCUT2D eigenvalue weighted by atomic mass is 10.2. The summed E-state index contributed by atoms with van der Waals surface area (Å²) in [5, 5.41) is 2.82. The standard InChI is InChI=1S/C10H13ClN2O3S/c1-2-17(15,16)6-10(14)13-9-5-7(11)3-4-8(9)12/h3-5H,2,6,12H2,1H3,(H,13,14). The van der Waals surface area contributed by atoms with Crippen molar-refractivity contribution in [3.05, 3.63) is 23.2 Å². The average molecular weight is 277 g/mol. The third-order valence-corrected chi connectivity index (χ3v) is 3.90. The summed E-state index contributed by atoms with van der Waals surface area (Å²) in [4.78, 5) is 11.5. The maximum absolute atomic E-state index is 11.5. The number of rotatable bonds is 4. The summed E-state index contributed by atoms with van der Waals surface area (Å²) >= 11 is 5.74. The number of amides is 1. The number of carbonyl (C=O) groups excluding carboxylic acids is 1. The molecule has 0 aliphatic rings.